The van der Waals surface area contributed by atoms with E-state index in [1.165, 1.54) is 88.8 Å². The van der Waals surface area contributed by atoms with E-state index in [4.69, 9.17) is 0 Å². The number of fused-ring (bicyclic) bond motifs is 6. The number of benzene rings is 10. The van der Waals surface area contributed by atoms with Crippen LogP contribution in [-0.4, -0.2) is 4.57 Å². The third kappa shape index (κ3) is 6.17. The lowest BCUT2D eigenvalue weighted by Crippen LogP contribution is -2.31. The zero-order valence-corrected chi connectivity index (χ0v) is 37.1. The maximum Gasteiger partial charge on any atom is 0.0701 e. The highest BCUT2D eigenvalue weighted by Gasteiger charge is 2.40. The standard InChI is InChI=1S/C64H48N2/c1-63(2)57-30-17-15-29-55(57)62-58(63)31-19-33-61(62)65(53-41-37-50(38-42-53)64(47-20-7-3-8-21-47,48-22-9-4-10-23-48)49-24-11-5-12-25-49)52-39-34-45(35-40-52)46-36-43-60-56(44-46)54-28-16-18-32-59(54)66(60)51-26-13-6-14-27-51/h3-44H,1-2H3. The minimum absolute atomic E-state index is 0.135. The second-order valence-electron chi connectivity index (χ2n) is 18.1. The summed E-state index contributed by atoms with van der Waals surface area (Å²) in [5.74, 6) is 0. The van der Waals surface area contributed by atoms with E-state index < -0.39 is 5.41 Å². The van der Waals surface area contributed by atoms with Gasteiger partial charge in [-0.05, 0) is 111 Å². The molecule has 10 aromatic carbocycles. The Labute approximate surface area is 387 Å². The lowest BCUT2D eigenvalue weighted by molar-refractivity contribution is 0.660. The van der Waals surface area contributed by atoms with Crippen LogP contribution in [0.3, 0.4) is 0 Å². The smallest absolute Gasteiger partial charge is 0.0701 e. The lowest BCUT2D eigenvalue weighted by Gasteiger charge is -2.37. The molecule has 1 aliphatic carbocycles. The van der Waals surface area contributed by atoms with E-state index in [0.29, 0.717) is 0 Å². The molecule has 0 saturated heterocycles. The molecule has 11 aromatic rings. The quantitative estimate of drug-likeness (QED) is 0.131. The van der Waals surface area contributed by atoms with Crippen LogP contribution in [0.4, 0.5) is 17.1 Å². The Morgan fingerprint density at radius 3 is 1.50 bits per heavy atom. The maximum atomic E-state index is 2.47. The van der Waals surface area contributed by atoms with E-state index in [0.717, 1.165) is 11.4 Å². The Morgan fingerprint density at radius 1 is 0.379 bits per heavy atom. The van der Waals surface area contributed by atoms with Gasteiger partial charge in [0.2, 0.25) is 0 Å². The van der Waals surface area contributed by atoms with Gasteiger partial charge in [-0.25, -0.2) is 0 Å². The molecule has 2 heteroatoms. The first-order valence-electron chi connectivity index (χ1n) is 23.0. The summed E-state index contributed by atoms with van der Waals surface area (Å²) in [5, 5.41) is 2.50. The van der Waals surface area contributed by atoms with Gasteiger partial charge in [-0.2, -0.15) is 0 Å². The summed E-state index contributed by atoms with van der Waals surface area (Å²) < 4.78 is 2.38. The third-order valence-corrected chi connectivity index (χ3v) is 14.2. The van der Waals surface area contributed by atoms with Crippen molar-refractivity contribution in [2.75, 3.05) is 4.90 Å². The molecule has 0 N–H and O–H groups in total. The van der Waals surface area contributed by atoms with Crippen LogP contribution >= 0.6 is 0 Å². The molecule has 0 radical (unpaired) electrons. The van der Waals surface area contributed by atoms with Gasteiger partial charge in [0.1, 0.15) is 0 Å². The predicted octanol–water partition coefficient (Wildman–Crippen LogP) is 16.6. The normalized spacial score (nSPS) is 12.8. The van der Waals surface area contributed by atoms with E-state index in [-0.39, 0.29) is 5.41 Å². The first kappa shape index (κ1) is 39.4. The molecule has 12 rings (SSSR count). The van der Waals surface area contributed by atoms with Gasteiger partial charge in [0, 0.05) is 38.8 Å². The summed E-state index contributed by atoms with van der Waals surface area (Å²) in [6.45, 7) is 4.72. The molecule has 1 aliphatic rings. The van der Waals surface area contributed by atoms with Crippen molar-refractivity contribution in [3.8, 4) is 27.9 Å². The zero-order chi connectivity index (χ0) is 44.2. The minimum Gasteiger partial charge on any atom is -0.310 e. The first-order valence-corrected chi connectivity index (χ1v) is 23.0. The highest BCUT2D eigenvalue weighted by molar-refractivity contribution is 6.10. The van der Waals surface area contributed by atoms with Gasteiger partial charge in [-0.3, -0.25) is 0 Å². The molecule has 0 unspecified atom stereocenters. The van der Waals surface area contributed by atoms with Crippen molar-refractivity contribution in [2.24, 2.45) is 0 Å². The van der Waals surface area contributed by atoms with Crippen LogP contribution in [0.1, 0.15) is 47.2 Å². The van der Waals surface area contributed by atoms with Gasteiger partial charge in [0.15, 0.2) is 0 Å². The van der Waals surface area contributed by atoms with Crippen LogP contribution in [0, 0.1) is 0 Å². The Morgan fingerprint density at radius 2 is 0.864 bits per heavy atom. The maximum absolute atomic E-state index is 2.47. The number of para-hydroxylation sites is 2. The van der Waals surface area contributed by atoms with E-state index in [2.05, 4.69) is 278 Å². The molecule has 314 valence electrons. The molecule has 66 heavy (non-hydrogen) atoms. The zero-order valence-electron chi connectivity index (χ0n) is 37.1. The SMILES string of the molecule is CC1(C)c2ccccc2-c2c(N(c3ccc(-c4ccc5c(c4)c4ccccc4n5-c4ccccc4)cc3)c3ccc(C(c4ccccc4)(c4ccccc4)c4ccccc4)cc3)cccc21. The van der Waals surface area contributed by atoms with E-state index in [9.17, 15) is 0 Å². The third-order valence-electron chi connectivity index (χ3n) is 14.2. The molecule has 0 fully saturated rings. The molecule has 0 saturated carbocycles. The average molecular weight is 845 g/mol. The Hall–Kier alpha value is -8.20. The van der Waals surface area contributed by atoms with Crippen LogP contribution < -0.4 is 4.90 Å². The summed E-state index contributed by atoms with van der Waals surface area (Å²) in [5.41, 5.74) is 18.8. The number of anilines is 3. The summed E-state index contributed by atoms with van der Waals surface area (Å²) in [6.07, 6.45) is 0. The summed E-state index contributed by atoms with van der Waals surface area (Å²) in [6, 6.07) is 93.6. The van der Waals surface area contributed by atoms with Crippen LogP contribution in [0.2, 0.25) is 0 Å². The van der Waals surface area contributed by atoms with Gasteiger partial charge < -0.3 is 9.47 Å². The summed E-state index contributed by atoms with van der Waals surface area (Å²) in [4.78, 5) is 2.47. The van der Waals surface area contributed by atoms with Crippen LogP contribution in [0.5, 0.6) is 0 Å². The molecular formula is C64H48N2. The van der Waals surface area contributed by atoms with E-state index >= 15 is 0 Å². The fourth-order valence-corrected chi connectivity index (χ4v) is 11.1. The van der Waals surface area contributed by atoms with Crippen molar-refractivity contribution in [1.29, 1.82) is 0 Å². The largest absolute Gasteiger partial charge is 0.310 e. The van der Waals surface area contributed by atoms with Crippen molar-refractivity contribution in [2.45, 2.75) is 24.7 Å². The van der Waals surface area contributed by atoms with Gasteiger partial charge in [0.05, 0.1) is 22.1 Å². The molecule has 2 nitrogen and oxygen atoms in total. The monoisotopic (exact) mass is 844 g/mol. The topological polar surface area (TPSA) is 8.17 Å². The predicted molar refractivity (Wildman–Crippen MR) is 277 cm³/mol. The fourth-order valence-electron chi connectivity index (χ4n) is 11.1. The van der Waals surface area contributed by atoms with Crippen molar-refractivity contribution >= 4 is 38.9 Å². The van der Waals surface area contributed by atoms with E-state index in [1.54, 1.807) is 0 Å². The highest BCUT2D eigenvalue weighted by Crippen LogP contribution is 2.54. The average Bonchev–Trinajstić information content (AvgIpc) is 3.84. The Kier molecular flexibility index (Phi) is 9.43. The molecule has 0 spiro atoms. The Bertz CT molecular complexity index is 3420. The number of aromatic nitrogens is 1. The molecule has 0 amide bonds. The van der Waals surface area contributed by atoms with Gasteiger partial charge in [0.25, 0.3) is 0 Å². The van der Waals surface area contributed by atoms with Crippen LogP contribution in [0.15, 0.2) is 255 Å². The summed E-state index contributed by atoms with van der Waals surface area (Å²) in [7, 11) is 0. The van der Waals surface area contributed by atoms with Crippen molar-refractivity contribution in [1.82, 2.24) is 4.57 Å². The van der Waals surface area contributed by atoms with Gasteiger partial charge in [-0.1, -0.05) is 208 Å². The van der Waals surface area contributed by atoms with Gasteiger partial charge in [-0.15, -0.1) is 0 Å². The fraction of sp³-hybridized carbons (Fsp3) is 0.0625. The molecule has 0 atom stereocenters. The number of rotatable bonds is 9. The van der Waals surface area contributed by atoms with Gasteiger partial charge >= 0.3 is 0 Å². The second kappa shape index (κ2) is 15.8. The first-order chi connectivity index (χ1) is 32.5. The van der Waals surface area contributed by atoms with Crippen molar-refractivity contribution in [3.05, 3.63) is 288 Å². The highest BCUT2D eigenvalue weighted by atomic mass is 15.1. The number of hydrogen-bond donors (Lipinski definition) is 0. The van der Waals surface area contributed by atoms with E-state index in [1.807, 2.05) is 0 Å². The van der Waals surface area contributed by atoms with Crippen LogP contribution in [0.25, 0.3) is 49.7 Å². The molecule has 0 bridgehead atoms. The number of hydrogen-bond acceptors (Lipinski definition) is 1. The minimum atomic E-state index is -0.541. The lowest BCUT2D eigenvalue weighted by atomic mass is 9.65. The van der Waals surface area contributed by atoms with Crippen molar-refractivity contribution in [3.63, 3.8) is 0 Å². The summed E-state index contributed by atoms with van der Waals surface area (Å²) >= 11 is 0. The molecule has 1 heterocycles. The second-order valence-corrected chi connectivity index (χ2v) is 18.1. The van der Waals surface area contributed by atoms with Crippen molar-refractivity contribution < 1.29 is 0 Å². The molecule has 1 aromatic heterocycles. The molecular weight excluding hydrogens is 797 g/mol. The molecule has 0 aliphatic heterocycles. The Balaban J connectivity index is 1.02. The number of nitrogens with zero attached hydrogens (tertiary/aromatic N) is 2. The van der Waals surface area contributed by atoms with Crippen LogP contribution in [-0.2, 0) is 10.8 Å².